The minimum atomic E-state index is 0.453. The van der Waals surface area contributed by atoms with Crippen molar-refractivity contribution < 1.29 is 4.74 Å². The van der Waals surface area contributed by atoms with Crippen molar-refractivity contribution in [2.45, 2.75) is 33.9 Å². The van der Waals surface area contributed by atoms with Gasteiger partial charge in [0.1, 0.15) is 17.9 Å². The predicted octanol–water partition coefficient (Wildman–Crippen LogP) is 4.42. The van der Waals surface area contributed by atoms with Gasteiger partial charge < -0.3 is 15.0 Å². The van der Waals surface area contributed by atoms with Gasteiger partial charge in [-0.2, -0.15) is 0 Å². The first kappa shape index (κ1) is 18.4. The minimum Gasteiger partial charge on any atom is -0.382 e. The summed E-state index contributed by atoms with van der Waals surface area (Å²) in [6, 6.07) is 10.3. The third kappa shape index (κ3) is 3.31. The average Bonchev–Trinajstić information content (AvgIpc) is 3.05. The van der Waals surface area contributed by atoms with E-state index in [1.165, 1.54) is 0 Å². The Morgan fingerprint density at radius 2 is 1.86 bits per heavy atom. The second kappa shape index (κ2) is 7.56. The first-order chi connectivity index (χ1) is 13.6. The lowest BCUT2D eigenvalue weighted by atomic mass is 10.0. The summed E-state index contributed by atoms with van der Waals surface area (Å²) in [7, 11) is 0. The maximum Gasteiger partial charge on any atom is 0.152 e. The Labute approximate surface area is 164 Å². The number of imidazole rings is 1. The first-order valence-corrected chi connectivity index (χ1v) is 9.65. The fraction of sp³-hybridized carbons (Fsp3) is 0.318. The molecule has 0 atom stereocenters. The third-order valence-electron chi connectivity index (χ3n) is 4.78. The molecule has 0 aliphatic carbocycles. The molecule has 2 N–H and O–H groups in total. The molecule has 0 saturated carbocycles. The van der Waals surface area contributed by atoms with Crippen LogP contribution in [0.4, 0.5) is 5.82 Å². The van der Waals surface area contributed by atoms with Gasteiger partial charge in [0.25, 0.3) is 0 Å². The Balaban J connectivity index is 1.95. The average molecular weight is 375 g/mol. The van der Waals surface area contributed by atoms with Crippen molar-refractivity contribution in [2.75, 3.05) is 12.3 Å². The van der Waals surface area contributed by atoms with Crippen molar-refractivity contribution in [1.29, 1.82) is 0 Å². The largest absolute Gasteiger partial charge is 0.382 e. The van der Waals surface area contributed by atoms with E-state index in [0.29, 0.717) is 24.9 Å². The van der Waals surface area contributed by atoms with Crippen LogP contribution in [0.2, 0.25) is 0 Å². The van der Waals surface area contributed by atoms with Crippen LogP contribution in [0, 0.1) is 5.92 Å². The number of benzene rings is 1. The number of pyridine rings is 2. The van der Waals surface area contributed by atoms with Gasteiger partial charge in [-0.05, 0) is 42.2 Å². The summed E-state index contributed by atoms with van der Waals surface area (Å²) in [6.07, 6.45) is 3.59. The number of fused-ring (bicyclic) bond motifs is 3. The van der Waals surface area contributed by atoms with E-state index in [0.717, 1.165) is 45.4 Å². The summed E-state index contributed by atoms with van der Waals surface area (Å²) in [5.41, 5.74) is 11.2. The molecule has 3 aromatic heterocycles. The fourth-order valence-electron chi connectivity index (χ4n) is 3.55. The van der Waals surface area contributed by atoms with E-state index in [1.54, 1.807) is 12.4 Å². The van der Waals surface area contributed by atoms with Crippen molar-refractivity contribution in [3.05, 3.63) is 48.5 Å². The molecule has 0 aliphatic heterocycles. The molecule has 6 nitrogen and oxygen atoms in total. The Morgan fingerprint density at radius 1 is 1.07 bits per heavy atom. The molecule has 4 aromatic rings. The van der Waals surface area contributed by atoms with Crippen LogP contribution in [0.25, 0.3) is 33.1 Å². The van der Waals surface area contributed by atoms with Crippen LogP contribution in [0.5, 0.6) is 0 Å². The smallest absolute Gasteiger partial charge is 0.152 e. The number of hydrogen-bond donors (Lipinski definition) is 1. The Hall–Kier alpha value is -2.99. The Morgan fingerprint density at radius 3 is 2.57 bits per heavy atom. The molecule has 0 saturated heterocycles. The van der Waals surface area contributed by atoms with Crippen LogP contribution in [-0.4, -0.2) is 26.1 Å². The van der Waals surface area contributed by atoms with E-state index < -0.39 is 0 Å². The van der Waals surface area contributed by atoms with Crippen molar-refractivity contribution in [1.82, 2.24) is 19.5 Å². The van der Waals surface area contributed by atoms with Crippen LogP contribution < -0.4 is 5.73 Å². The van der Waals surface area contributed by atoms with Crippen LogP contribution in [0.15, 0.2) is 42.7 Å². The van der Waals surface area contributed by atoms with Crippen LogP contribution >= 0.6 is 0 Å². The van der Waals surface area contributed by atoms with E-state index in [9.17, 15) is 0 Å². The van der Waals surface area contributed by atoms with Gasteiger partial charge in [-0.1, -0.05) is 26.0 Å². The molecule has 0 fully saturated rings. The van der Waals surface area contributed by atoms with E-state index in [1.807, 2.05) is 19.1 Å². The number of anilines is 1. The summed E-state index contributed by atoms with van der Waals surface area (Å²) >= 11 is 0. The monoisotopic (exact) mass is 375 g/mol. The van der Waals surface area contributed by atoms with Crippen molar-refractivity contribution in [3.8, 4) is 11.1 Å². The molecule has 0 aliphatic rings. The zero-order valence-electron chi connectivity index (χ0n) is 16.5. The molecule has 144 valence electrons. The highest BCUT2D eigenvalue weighted by Crippen LogP contribution is 2.32. The summed E-state index contributed by atoms with van der Waals surface area (Å²) in [5.74, 6) is 1.82. The molecule has 0 amide bonds. The molecule has 0 bridgehead atoms. The maximum absolute atomic E-state index is 6.31. The van der Waals surface area contributed by atoms with Crippen LogP contribution in [0.1, 0.15) is 26.6 Å². The summed E-state index contributed by atoms with van der Waals surface area (Å²) in [5, 5.41) is 1.05. The van der Waals surface area contributed by atoms with Gasteiger partial charge in [0.15, 0.2) is 5.82 Å². The van der Waals surface area contributed by atoms with Gasteiger partial charge >= 0.3 is 0 Å². The Bertz CT molecular complexity index is 1120. The fourth-order valence-corrected chi connectivity index (χ4v) is 3.55. The summed E-state index contributed by atoms with van der Waals surface area (Å²) in [6.45, 7) is 8.35. The topological polar surface area (TPSA) is 78.8 Å². The number of ether oxygens (including phenoxy) is 1. The number of nitrogens with zero attached hydrogens (tertiary/aromatic N) is 4. The van der Waals surface area contributed by atoms with Crippen LogP contribution in [0.3, 0.4) is 0 Å². The van der Waals surface area contributed by atoms with E-state index in [-0.39, 0.29) is 0 Å². The number of hydrogen-bond acceptors (Lipinski definition) is 5. The normalized spacial score (nSPS) is 11.7. The lowest BCUT2D eigenvalue weighted by molar-refractivity contribution is 0.125. The summed E-state index contributed by atoms with van der Waals surface area (Å²) < 4.78 is 7.89. The molecule has 0 radical (unpaired) electrons. The predicted molar refractivity (Wildman–Crippen MR) is 113 cm³/mol. The van der Waals surface area contributed by atoms with E-state index in [4.69, 9.17) is 15.5 Å². The van der Waals surface area contributed by atoms with Gasteiger partial charge in [-0.3, -0.25) is 4.98 Å². The first-order valence-electron chi connectivity index (χ1n) is 9.65. The van der Waals surface area contributed by atoms with E-state index in [2.05, 4.69) is 46.6 Å². The summed E-state index contributed by atoms with van der Waals surface area (Å²) in [4.78, 5) is 13.5. The molecular formula is C22H25N5O. The maximum atomic E-state index is 6.31. The van der Waals surface area contributed by atoms with Crippen molar-refractivity contribution >= 4 is 27.8 Å². The SMILES string of the molecule is CCOCc1nc2c(N)nc3cc(-c4ccncc4)ccc3c2n1CC(C)C. The highest BCUT2D eigenvalue weighted by Gasteiger charge is 2.18. The molecule has 1 aromatic carbocycles. The van der Waals surface area contributed by atoms with E-state index >= 15 is 0 Å². The highest BCUT2D eigenvalue weighted by molar-refractivity contribution is 6.07. The number of nitrogen functional groups attached to an aromatic ring is 1. The van der Waals surface area contributed by atoms with Gasteiger partial charge in [-0.25, -0.2) is 9.97 Å². The molecule has 28 heavy (non-hydrogen) atoms. The molecule has 3 heterocycles. The number of rotatable bonds is 6. The zero-order valence-corrected chi connectivity index (χ0v) is 16.5. The molecule has 4 rings (SSSR count). The quantitative estimate of drug-likeness (QED) is 0.540. The molecule has 6 heteroatoms. The number of aromatic nitrogens is 4. The van der Waals surface area contributed by atoms with Crippen molar-refractivity contribution in [2.24, 2.45) is 5.92 Å². The van der Waals surface area contributed by atoms with Gasteiger partial charge in [-0.15, -0.1) is 0 Å². The van der Waals surface area contributed by atoms with Gasteiger partial charge in [0, 0.05) is 30.9 Å². The molecular weight excluding hydrogens is 350 g/mol. The molecule has 0 spiro atoms. The second-order valence-electron chi connectivity index (χ2n) is 7.33. The minimum absolute atomic E-state index is 0.453. The van der Waals surface area contributed by atoms with Gasteiger partial charge in [0.05, 0.1) is 11.0 Å². The molecule has 0 unspecified atom stereocenters. The highest BCUT2D eigenvalue weighted by atomic mass is 16.5. The zero-order chi connectivity index (χ0) is 19.7. The van der Waals surface area contributed by atoms with Gasteiger partial charge in [0.2, 0.25) is 0 Å². The number of nitrogens with two attached hydrogens (primary N) is 1. The van der Waals surface area contributed by atoms with Crippen molar-refractivity contribution in [3.63, 3.8) is 0 Å². The Kier molecular flexibility index (Phi) is 4.96. The third-order valence-corrected chi connectivity index (χ3v) is 4.78. The lowest BCUT2D eigenvalue weighted by Gasteiger charge is -2.13. The lowest BCUT2D eigenvalue weighted by Crippen LogP contribution is -2.10. The standard InChI is InChI=1S/C22H25N5O/c1-4-28-13-19-26-20-21(27(19)12-14(2)3)17-6-5-16(11-18(17)25-22(20)23)15-7-9-24-10-8-15/h5-11,14H,4,12-13H2,1-3H3,(H2,23,25). The second-order valence-corrected chi connectivity index (χ2v) is 7.33. The van der Waals surface area contributed by atoms with Crippen LogP contribution in [-0.2, 0) is 17.9 Å².